The second-order valence-corrected chi connectivity index (χ2v) is 5.09. The van der Waals surface area contributed by atoms with Gasteiger partial charge in [-0.25, -0.2) is 0 Å². The standard InChI is InChI=1S/C15H30O4.2Na.2H/c1-2-3-4-5-6-7-8-9-10-11-12-19-15(18)13-14(16)17;;;;/h14,16-17H,2-13H2,1H3;;;;/q;2*+1;2*-1. The minimum atomic E-state index is -1.60. The minimum absolute atomic E-state index is 0. The third-order valence-electron chi connectivity index (χ3n) is 3.11. The number of unbranched alkanes of at least 4 members (excludes halogenated alkanes) is 9. The Bertz CT molecular complexity index is 224. The molecule has 0 radical (unpaired) electrons. The number of hydrogen-bond donors (Lipinski definition) is 2. The molecular weight excluding hydrogens is 290 g/mol. The first-order chi connectivity index (χ1) is 9.16. The Morgan fingerprint density at radius 3 is 1.76 bits per heavy atom. The Morgan fingerprint density at radius 2 is 1.33 bits per heavy atom. The molecular formula is C15H32Na2O4. The Balaban J connectivity index is -0.000000270. The number of aliphatic hydroxyl groups is 2. The van der Waals surface area contributed by atoms with Crippen LogP contribution >= 0.6 is 0 Å². The topological polar surface area (TPSA) is 66.8 Å². The van der Waals surface area contributed by atoms with Gasteiger partial charge in [0.15, 0.2) is 6.29 Å². The predicted molar refractivity (Wildman–Crippen MR) is 77.9 cm³/mol. The van der Waals surface area contributed by atoms with Crippen LogP contribution in [0.5, 0.6) is 0 Å². The molecule has 0 amide bonds. The SMILES string of the molecule is CCCCCCCCCCCCOC(=O)CC(O)O.[H-].[H-].[Na+].[Na+]. The van der Waals surface area contributed by atoms with Gasteiger partial charge in [0.1, 0.15) is 0 Å². The molecule has 21 heavy (non-hydrogen) atoms. The van der Waals surface area contributed by atoms with Crippen LogP contribution in [0, 0.1) is 0 Å². The molecule has 2 N–H and O–H groups in total. The summed E-state index contributed by atoms with van der Waals surface area (Å²) in [4.78, 5) is 11.0. The molecule has 0 unspecified atom stereocenters. The Labute approximate surface area is 177 Å². The van der Waals surface area contributed by atoms with Crippen LogP contribution in [0.2, 0.25) is 0 Å². The van der Waals surface area contributed by atoms with Gasteiger partial charge in [-0.2, -0.15) is 0 Å². The van der Waals surface area contributed by atoms with Crippen LogP contribution in [0.15, 0.2) is 0 Å². The first-order valence-electron chi connectivity index (χ1n) is 7.68. The average Bonchev–Trinajstić information content (AvgIpc) is 2.35. The summed E-state index contributed by atoms with van der Waals surface area (Å²) in [6, 6.07) is 0. The Kier molecular flexibility index (Phi) is 27.8. The van der Waals surface area contributed by atoms with Gasteiger partial charge in [0.25, 0.3) is 0 Å². The number of esters is 1. The maximum atomic E-state index is 11.0. The molecule has 0 aromatic carbocycles. The van der Waals surface area contributed by atoms with Crippen molar-refractivity contribution in [3.05, 3.63) is 0 Å². The fourth-order valence-corrected chi connectivity index (χ4v) is 1.98. The molecule has 0 rings (SSSR count). The Hall–Kier alpha value is 1.39. The number of carbonyl (C=O) groups excluding carboxylic acids is 1. The first-order valence-corrected chi connectivity index (χ1v) is 7.68. The monoisotopic (exact) mass is 322 g/mol. The second-order valence-electron chi connectivity index (χ2n) is 5.09. The van der Waals surface area contributed by atoms with Crippen molar-refractivity contribution in [2.24, 2.45) is 0 Å². The number of aliphatic hydroxyl groups excluding tert-OH is 1. The van der Waals surface area contributed by atoms with Crippen molar-refractivity contribution < 1.29 is 81.7 Å². The zero-order chi connectivity index (χ0) is 14.3. The van der Waals surface area contributed by atoms with E-state index in [1.54, 1.807) is 0 Å². The van der Waals surface area contributed by atoms with Gasteiger partial charge in [0.2, 0.25) is 0 Å². The van der Waals surface area contributed by atoms with E-state index in [2.05, 4.69) is 6.92 Å². The molecule has 6 heteroatoms. The van der Waals surface area contributed by atoms with Crippen LogP contribution < -0.4 is 59.1 Å². The summed E-state index contributed by atoms with van der Waals surface area (Å²) in [5.41, 5.74) is 0. The predicted octanol–water partition coefficient (Wildman–Crippen LogP) is -2.62. The molecule has 0 aromatic rings. The number of carbonyl (C=O) groups is 1. The number of ether oxygens (including phenoxy) is 1. The van der Waals surface area contributed by atoms with E-state index in [0.29, 0.717) is 6.61 Å². The van der Waals surface area contributed by atoms with Crippen molar-refractivity contribution in [2.75, 3.05) is 6.61 Å². The van der Waals surface area contributed by atoms with Crippen LogP contribution in [-0.4, -0.2) is 29.1 Å². The van der Waals surface area contributed by atoms with Crippen molar-refractivity contribution >= 4 is 5.97 Å². The number of hydrogen-bond acceptors (Lipinski definition) is 4. The Morgan fingerprint density at radius 1 is 0.905 bits per heavy atom. The largest absolute Gasteiger partial charge is 1.00 e. The van der Waals surface area contributed by atoms with Gasteiger partial charge in [0.05, 0.1) is 13.0 Å². The fraction of sp³-hybridized carbons (Fsp3) is 0.933. The zero-order valence-corrected chi connectivity index (χ0v) is 18.3. The van der Waals surface area contributed by atoms with Gasteiger partial charge < -0.3 is 17.8 Å². The molecule has 0 heterocycles. The van der Waals surface area contributed by atoms with Crippen LogP contribution in [0.4, 0.5) is 0 Å². The smallest absolute Gasteiger partial charge is 1.00 e. The molecule has 0 aromatic heterocycles. The third-order valence-corrected chi connectivity index (χ3v) is 3.11. The van der Waals surface area contributed by atoms with E-state index >= 15 is 0 Å². The summed E-state index contributed by atoms with van der Waals surface area (Å²) in [5, 5.41) is 17.1. The van der Waals surface area contributed by atoms with Crippen LogP contribution in [0.25, 0.3) is 0 Å². The summed E-state index contributed by atoms with van der Waals surface area (Å²) in [6.45, 7) is 2.62. The van der Waals surface area contributed by atoms with Gasteiger partial charge >= 0.3 is 65.1 Å². The molecule has 0 atom stereocenters. The first kappa shape index (κ1) is 27.2. The number of rotatable bonds is 13. The van der Waals surface area contributed by atoms with Gasteiger partial charge in [-0.15, -0.1) is 0 Å². The molecule has 0 aliphatic carbocycles. The summed E-state index contributed by atoms with van der Waals surface area (Å²) in [5.74, 6) is -0.536. The van der Waals surface area contributed by atoms with Gasteiger partial charge in [-0.3, -0.25) is 4.79 Å². The summed E-state index contributed by atoms with van der Waals surface area (Å²) < 4.78 is 4.87. The third kappa shape index (κ3) is 23.8. The van der Waals surface area contributed by atoms with E-state index in [1.807, 2.05) is 0 Å². The van der Waals surface area contributed by atoms with E-state index in [9.17, 15) is 4.79 Å². The minimum Gasteiger partial charge on any atom is -1.00 e. The molecule has 0 spiro atoms. The second kappa shape index (κ2) is 21.4. The normalized spacial score (nSPS) is 9.90. The van der Waals surface area contributed by atoms with Crippen molar-refractivity contribution in [3.63, 3.8) is 0 Å². The summed E-state index contributed by atoms with van der Waals surface area (Å²) >= 11 is 0. The van der Waals surface area contributed by atoms with E-state index < -0.39 is 12.3 Å². The molecule has 4 nitrogen and oxygen atoms in total. The van der Waals surface area contributed by atoms with E-state index in [0.717, 1.165) is 12.8 Å². The van der Waals surface area contributed by atoms with Gasteiger partial charge in [-0.1, -0.05) is 64.7 Å². The maximum Gasteiger partial charge on any atom is 1.00 e. The van der Waals surface area contributed by atoms with Crippen molar-refractivity contribution in [2.45, 2.75) is 83.8 Å². The van der Waals surface area contributed by atoms with Gasteiger partial charge in [-0.05, 0) is 6.42 Å². The maximum absolute atomic E-state index is 11.0. The molecule has 118 valence electrons. The van der Waals surface area contributed by atoms with Crippen molar-refractivity contribution in [1.82, 2.24) is 0 Å². The van der Waals surface area contributed by atoms with Gasteiger partial charge in [0, 0.05) is 0 Å². The molecule has 0 aliphatic heterocycles. The van der Waals surface area contributed by atoms with Crippen LogP contribution in [0.1, 0.15) is 80.4 Å². The fourth-order valence-electron chi connectivity index (χ4n) is 1.98. The quantitative estimate of drug-likeness (QED) is 0.169. The molecule has 0 aliphatic rings. The van der Waals surface area contributed by atoms with Crippen LogP contribution in [0.3, 0.4) is 0 Å². The van der Waals surface area contributed by atoms with Crippen molar-refractivity contribution in [3.8, 4) is 0 Å². The molecule has 0 saturated heterocycles. The zero-order valence-electron chi connectivity index (χ0n) is 16.3. The van der Waals surface area contributed by atoms with E-state index in [4.69, 9.17) is 14.9 Å². The summed E-state index contributed by atoms with van der Waals surface area (Å²) in [6.07, 6.45) is 10.5. The average molecular weight is 322 g/mol. The molecule has 0 saturated carbocycles. The van der Waals surface area contributed by atoms with Crippen molar-refractivity contribution in [1.29, 1.82) is 0 Å². The molecule has 0 bridgehead atoms. The van der Waals surface area contributed by atoms with E-state index in [1.165, 1.54) is 51.4 Å². The van der Waals surface area contributed by atoms with E-state index in [-0.39, 0.29) is 68.4 Å². The summed E-state index contributed by atoms with van der Waals surface area (Å²) in [7, 11) is 0. The van der Waals surface area contributed by atoms with Crippen LogP contribution in [-0.2, 0) is 9.53 Å². The molecule has 0 fully saturated rings.